The monoisotopic (exact) mass is 658 g/mol. The molecule has 246 valence electrons. The first-order chi connectivity index (χ1) is 21.5. The van der Waals surface area contributed by atoms with Gasteiger partial charge in [0.2, 0.25) is 5.91 Å². The molecule has 2 aromatic carbocycles. The predicted molar refractivity (Wildman–Crippen MR) is 143 cm³/mol. The molecule has 0 spiro atoms. The van der Waals surface area contributed by atoms with Crippen molar-refractivity contribution in [3.05, 3.63) is 76.4 Å². The molecule has 46 heavy (non-hydrogen) atoms. The van der Waals surface area contributed by atoms with Crippen LogP contribution in [-0.4, -0.2) is 49.3 Å². The van der Waals surface area contributed by atoms with Crippen LogP contribution in [0.25, 0.3) is 0 Å². The van der Waals surface area contributed by atoms with Crippen molar-refractivity contribution in [2.24, 2.45) is 17.8 Å². The van der Waals surface area contributed by atoms with Gasteiger partial charge in [-0.2, -0.15) is 26.3 Å². The van der Waals surface area contributed by atoms with Gasteiger partial charge in [0, 0.05) is 29.1 Å². The third-order valence-electron chi connectivity index (χ3n) is 9.61. The molecular weight excluding hydrogens is 632 g/mol. The first-order valence-electron chi connectivity index (χ1n) is 14.3. The molecule has 3 aliphatic carbocycles. The van der Waals surface area contributed by atoms with Gasteiger partial charge < -0.3 is 20.1 Å². The lowest BCUT2D eigenvalue weighted by molar-refractivity contribution is -0.146. The summed E-state index contributed by atoms with van der Waals surface area (Å²) in [7, 11) is 1.17. The number of rotatable bonds is 6. The lowest BCUT2D eigenvalue weighted by atomic mass is 9.58. The molecule has 2 aromatic rings. The number of esters is 1. The van der Waals surface area contributed by atoms with Crippen LogP contribution in [0.15, 0.2) is 48.0 Å². The van der Waals surface area contributed by atoms with E-state index >= 15 is 0 Å². The van der Waals surface area contributed by atoms with Crippen LogP contribution in [0.2, 0.25) is 0 Å². The molecule has 7 rings (SSSR count). The van der Waals surface area contributed by atoms with Crippen molar-refractivity contribution in [2.45, 2.75) is 55.1 Å². The molecule has 0 aromatic heterocycles. The highest BCUT2D eigenvalue weighted by molar-refractivity contribution is 5.96. The van der Waals surface area contributed by atoms with Gasteiger partial charge >= 0.3 is 18.3 Å². The first kappa shape index (κ1) is 32.0. The second kappa shape index (κ2) is 10.8. The number of anilines is 1. The smallest absolute Gasteiger partial charge is 0.419 e. The molecule has 3 saturated carbocycles. The van der Waals surface area contributed by atoms with Gasteiger partial charge in [-0.25, -0.2) is 13.6 Å². The third kappa shape index (κ3) is 5.31. The van der Waals surface area contributed by atoms with E-state index in [1.807, 2.05) is 0 Å². The van der Waals surface area contributed by atoms with Crippen molar-refractivity contribution in [1.82, 2.24) is 5.32 Å². The molecule has 5 aliphatic rings. The fourth-order valence-electron chi connectivity index (χ4n) is 7.70. The van der Waals surface area contributed by atoms with Crippen LogP contribution < -0.4 is 10.6 Å². The maximum atomic E-state index is 14.9. The number of allylic oxidation sites excluding steroid dienone is 1. The van der Waals surface area contributed by atoms with Crippen LogP contribution in [0.1, 0.15) is 47.2 Å². The van der Waals surface area contributed by atoms with Gasteiger partial charge in [-0.05, 0) is 73.6 Å². The summed E-state index contributed by atoms with van der Waals surface area (Å²) in [6.45, 7) is -0.0894. The van der Waals surface area contributed by atoms with E-state index in [2.05, 4.69) is 10.6 Å². The molecule has 2 saturated heterocycles. The van der Waals surface area contributed by atoms with Gasteiger partial charge in [0.15, 0.2) is 0 Å². The zero-order valence-electron chi connectivity index (χ0n) is 24.0. The van der Waals surface area contributed by atoms with Gasteiger partial charge in [-0.1, -0.05) is 5.57 Å². The van der Waals surface area contributed by atoms with E-state index < -0.39 is 87.8 Å². The van der Waals surface area contributed by atoms with Crippen molar-refractivity contribution in [3.63, 3.8) is 0 Å². The van der Waals surface area contributed by atoms with Gasteiger partial charge in [-0.15, -0.1) is 0 Å². The number of hydrogen-bond acceptors (Lipinski definition) is 5. The number of benzene rings is 2. The molecule has 2 aliphatic heterocycles. The number of ether oxygens (including phenoxy) is 2. The maximum absolute atomic E-state index is 14.9. The lowest BCUT2D eigenvalue weighted by Gasteiger charge is -2.44. The Bertz CT molecular complexity index is 1650. The average molecular weight is 659 g/mol. The van der Waals surface area contributed by atoms with Gasteiger partial charge in [-0.3, -0.25) is 9.59 Å². The summed E-state index contributed by atoms with van der Waals surface area (Å²) >= 11 is 0. The Balaban J connectivity index is 1.25. The molecule has 4 bridgehead atoms. The fourth-order valence-corrected chi connectivity index (χ4v) is 7.70. The molecule has 7 nitrogen and oxygen atoms in total. The normalized spacial score (nSPS) is 30.7. The second-order valence-corrected chi connectivity index (χ2v) is 12.3. The molecule has 0 radical (unpaired) electrons. The highest BCUT2D eigenvalue weighted by atomic mass is 19.4. The van der Waals surface area contributed by atoms with Crippen molar-refractivity contribution in [3.8, 4) is 0 Å². The third-order valence-corrected chi connectivity index (χ3v) is 9.61. The zero-order chi connectivity index (χ0) is 33.4. The standard InChI is InChI=1S/C31H26F8N2O5/c1-45-26(43)14-2-6-21(32)19(8-14)28-11-29(12-28,46-13-28)27(44)41-24-17-5-4-16(18(17)10-30(34,35)36)23(24)25(42)40-15-3-7-22(33)20(9-15)31(37,38)39/h2-3,6-10,16-17,23-24H,4-5,11-13H2,1H3,(H,40,42)(H,41,44)/b18-10-/t16-,17+,23-,24+,28?,29?/m0/s1. The average Bonchev–Trinajstić information content (AvgIpc) is 3.71. The maximum Gasteiger partial charge on any atom is 0.419 e. The summed E-state index contributed by atoms with van der Waals surface area (Å²) in [6, 6.07) is 4.28. The highest BCUT2D eigenvalue weighted by Gasteiger charge is 2.68. The van der Waals surface area contributed by atoms with Gasteiger partial charge in [0.05, 0.1) is 30.8 Å². The van der Waals surface area contributed by atoms with Crippen LogP contribution in [0.5, 0.6) is 0 Å². The summed E-state index contributed by atoms with van der Waals surface area (Å²) < 4.78 is 120. The van der Waals surface area contributed by atoms with E-state index in [4.69, 9.17) is 9.47 Å². The number of nitrogens with one attached hydrogen (secondary N) is 2. The Kier molecular flexibility index (Phi) is 7.49. The molecule has 2 amide bonds. The van der Waals surface area contributed by atoms with Crippen molar-refractivity contribution in [2.75, 3.05) is 19.0 Å². The summed E-state index contributed by atoms with van der Waals surface area (Å²) in [5.74, 6) is -7.75. The Morgan fingerprint density at radius 2 is 1.63 bits per heavy atom. The van der Waals surface area contributed by atoms with Crippen LogP contribution >= 0.6 is 0 Å². The lowest BCUT2D eigenvalue weighted by Crippen LogP contribution is -2.60. The number of alkyl halides is 6. The first-order valence-corrected chi connectivity index (χ1v) is 14.3. The summed E-state index contributed by atoms with van der Waals surface area (Å²) in [5, 5.41) is 4.95. The number of halogens is 8. The van der Waals surface area contributed by atoms with Crippen LogP contribution in [0.4, 0.5) is 40.8 Å². The minimum atomic E-state index is -5.07. The minimum Gasteiger partial charge on any atom is -0.465 e. The number of methoxy groups -OCH3 is 1. The van der Waals surface area contributed by atoms with E-state index in [0.29, 0.717) is 12.1 Å². The van der Waals surface area contributed by atoms with Crippen molar-refractivity contribution < 1.29 is 59.0 Å². The van der Waals surface area contributed by atoms with Crippen molar-refractivity contribution >= 4 is 23.5 Å². The van der Waals surface area contributed by atoms with E-state index in [9.17, 15) is 49.5 Å². The zero-order valence-corrected chi connectivity index (χ0v) is 24.0. The molecule has 15 heteroatoms. The van der Waals surface area contributed by atoms with E-state index in [-0.39, 0.29) is 55.1 Å². The van der Waals surface area contributed by atoms with E-state index in [1.54, 1.807) is 0 Å². The van der Waals surface area contributed by atoms with Gasteiger partial charge in [0.1, 0.15) is 17.2 Å². The van der Waals surface area contributed by atoms with Crippen LogP contribution in [0, 0.1) is 29.4 Å². The van der Waals surface area contributed by atoms with E-state index in [1.165, 1.54) is 19.2 Å². The Labute approximate surface area is 256 Å². The molecular formula is C31H26F8N2O5. The molecule has 2 heterocycles. The quantitative estimate of drug-likeness (QED) is 0.231. The molecule has 5 fully saturated rings. The Hall–Kier alpha value is -4.01. The number of fused-ring (bicyclic) bond motifs is 3. The highest BCUT2D eigenvalue weighted by Crippen LogP contribution is 2.60. The second-order valence-electron chi connectivity index (χ2n) is 12.3. The fraction of sp³-hybridized carbons (Fsp3) is 0.452. The minimum absolute atomic E-state index is 0.00783. The topological polar surface area (TPSA) is 93.7 Å². The van der Waals surface area contributed by atoms with Gasteiger partial charge in [0.25, 0.3) is 5.91 Å². The summed E-state index contributed by atoms with van der Waals surface area (Å²) in [4.78, 5) is 39.2. The Morgan fingerprint density at radius 1 is 0.957 bits per heavy atom. The molecule has 4 atom stereocenters. The van der Waals surface area contributed by atoms with Crippen LogP contribution in [0.3, 0.4) is 0 Å². The van der Waals surface area contributed by atoms with Crippen molar-refractivity contribution in [1.29, 1.82) is 0 Å². The number of carbonyl (C=O) groups excluding carboxylic acids is 3. The van der Waals surface area contributed by atoms with E-state index in [0.717, 1.165) is 12.1 Å². The number of carbonyl (C=O) groups is 3. The predicted octanol–water partition coefficient (Wildman–Crippen LogP) is 5.84. The number of hydrogen-bond donors (Lipinski definition) is 2. The number of amides is 2. The summed E-state index contributed by atoms with van der Waals surface area (Å²) in [5.41, 5.74) is -4.39. The Morgan fingerprint density at radius 3 is 2.28 bits per heavy atom. The largest absolute Gasteiger partial charge is 0.465 e. The SMILES string of the molecule is COC(=O)c1ccc(F)c(C23COC(C(=O)N[C@H]4[C@@H](C(=O)Nc5ccc(F)c(C(F)(F)F)c5)[C@H]5CC[C@@H]4/C5=C\C(F)(F)F)(C2)C3)c1. The van der Waals surface area contributed by atoms with Crippen LogP contribution in [-0.2, 0) is 30.7 Å². The summed E-state index contributed by atoms with van der Waals surface area (Å²) in [6.07, 6.45) is -9.36. The molecule has 2 N–H and O–H groups in total. The molecule has 0 unspecified atom stereocenters.